The number of likely N-dealkylation sites (N-methyl/N-ethyl adjacent to an activating group) is 1. The number of rotatable bonds is 6. The van der Waals surface area contributed by atoms with Crippen LogP contribution in [0.2, 0.25) is 5.02 Å². The first kappa shape index (κ1) is 20.8. The third kappa shape index (κ3) is 5.10. The highest BCUT2D eigenvalue weighted by molar-refractivity contribution is 6.33. The molecule has 0 aliphatic carbocycles. The highest BCUT2D eigenvalue weighted by Gasteiger charge is 2.21. The number of carbonyl (C=O) groups is 2. The van der Waals surface area contributed by atoms with Gasteiger partial charge >= 0.3 is 0 Å². The average Bonchev–Trinajstić information content (AvgIpc) is 2.69. The molecule has 0 spiro atoms. The summed E-state index contributed by atoms with van der Waals surface area (Å²) < 4.78 is 13.1. The molecule has 3 aromatic rings. The third-order valence-electron chi connectivity index (χ3n) is 4.69. The first-order valence-electron chi connectivity index (χ1n) is 9.09. The van der Waals surface area contributed by atoms with E-state index >= 15 is 0 Å². The lowest BCUT2D eigenvalue weighted by molar-refractivity contribution is -0.122. The zero-order valence-electron chi connectivity index (χ0n) is 16.1. The van der Waals surface area contributed by atoms with Gasteiger partial charge in [-0.2, -0.15) is 0 Å². The van der Waals surface area contributed by atoms with Crippen LogP contribution in [-0.4, -0.2) is 36.3 Å². The molecular weight excluding hydrogens is 393 g/mol. The fourth-order valence-corrected chi connectivity index (χ4v) is 3.13. The fourth-order valence-electron chi connectivity index (χ4n) is 2.92. The third-order valence-corrected chi connectivity index (χ3v) is 5.00. The van der Waals surface area contributed by atoms with Crippen molar-refractivity contribution in [2.24, 2.45) is 0 Å². The molecule has 3 aromatic carbocycles. The molecular formula is C22H21ClFN3O2. The molecule has 0 unspecified atom stereocenters. The minimum absolute atomic E-state index is 0.0228. The standard InChI is InChI=1S/C22H21ClFN3O2/c1-14(22(29)26-20-11-10-16(24)12-18(20)23)27(2)13-21(28)25-19-9-5-7-15-6-3-4-8-17(15)19/h3-12,14H,13H2,1-2H3,(H,25,28)(H,26,29)/t14-/m1/s1. The lowest BCUT2D eigenvalue weighted by Gasteiger charge is -2.23. The van der Waals surface area contributed by atoms with Crippen LogP contribution in [0.4, 0.5) is 15.8 Å². The number of fused-ring (bicyclic) bond motifs is 1. The van der Waals surface area contributed by atoms with E-state index in [1.807, 2.05) is 42.5 Å². The second-order valence-electron chi connectivity index (χ2n) is 6.78. The van der Waals surface area contributed by atoms with E-state index in [4.69, 9.17) is 11.6 Å². The Balaban J connectivity index is 1.61. The van der Waals surface area contributed by atoms with Crippen molar-refractivity contribution in [2.75, 3.05) is 24.2 Å². The summed E-state index contributed by atoms with van der Waals surface area (Å²) in [6.07, 6.45) is 0. The predicted molar refractivity (Wildman–Crippen MR) is 115 cm³/mol. The summed E-state index contributed by atoms with van der Waals surface area (Å²) in [6, 6.07) is 16.6. The van der Waals surface area contributed by atoms with Gasteiger partial charge in [-0.1, -0.05) is 48.0 Å². The van der Waals surface area contributed by atoms with Crippen molar-refractivity contribution in [3.63, 3.8) is 0 Å². The van der Waals surface area contributed by atoms with E-state index in [2.05, 4.69) is 10.6 Å². The zero-order chi connectivity index (χ0) is 21.0. The summed E-state index contributed by atoms with van der Waals surface area (Å²) in [7, 11) is 1.68. The molecule has 0 aliphatic rings. The van der Waals surface area contributed by atoms with Gasteiger partial charge in [0.25, 0.3) is 0 Å². The highest BCUT2D eigenvalue weighted by Crippen LogP contribution is 2.24. The topological polar surface area (TPSA) is 61.4 Å². The summed E-state index contributed by atoms with van der Waals surface area (Å²) in [6.45, 7) is 1.70. The molecule has 150 valence electrons. The number of hydrogen-bond donors (Lipinski definition) is 2. The molecule has 2 N–H and O–H groups in total. The Morgan fingerprint density at radius 1 is 1.03 bits per heavy atom. The Labute approximate surface area is 173 Å². The van der Waals surface area contributed by atoms with Crippen molar-refractivity contribution < 1.29 is 14.0 Å². The van der Waals surface area contributed by atoms with Gasteiger partial charge in [0.05, 0.1) is 23.3 Å². The van der Waals surface area contributed by atoms with Crippen LogP contribution in [0, 0.1) is 5.82 Å². The van der Waals surface area contributed by atoms with Crippen LogP contribution < -0.4 is 10.6 Å². The number of nitrogens with one attached hydrogen (secondary N) is 2. The summed E-state index contributed by atoms with van der Waals surface area (Å²) in [5.41, 5.74) is 1.04. The van der Waals surface area contributed by atoms with Gasteiger partial charge in [0, 0.05) is 11.1 Å². The summed E-state index contributed by atoms with van der Waals surface area (Å²) in [5, 5.41) is 7.64. The number of carbonyl (C=O) groups excluding carboxylic acids is 2. The molecule has 5 nitrogen and oxygen atoms in total. The Morgan fingerprint density at radius 2 is 1.76 bits per heavy atom. The summed E-state index contributed by atoms with van der Waals surface area (Å²) in [5.74, 6) is -1.06. The normalized spacial score (nSPS) is 12.0. The second-order valence-corrected chi connectivity index (χ2v) is 7.19. The number of amides is 2. The van der Waals surface area contributed by atoms with E-state index in [1.165, 1.54) is 12.1 Å². The largest absolute Gasteiger partial charge is 0.324 e. The molecule has 2 amide bonds. The maximum atomic E-state index is 13.1. The van der Waals surface area contributed by atoms with Crippen molar-refractivity contribution in [1.29, 1.82) is 0 Å². The quantitative estimate of drug-likeness (QED) is 0.624. The second kappa shape index (κ2) is 9.03. The number of anilines is 2. The monoisotopic (exact) mass is 413 g/mol. The molecule has 0 fully saturated rings. The maximum Gasteiger partial charge on any atom is 0.241 e. The summed E-state index contributed by atoms with van der Waals surface area (Å²) in [4.78, 5) is 26.6. The first-order valence-corrected chi connectivity index (χ1v) is 9.46. The van der Waals surface area contributed by atoms with Gasteiger partial charge in [0.1, 0.15) is 5.82 Å². The first-order chi connectivity index (χ1) is 13.8. The fraction of sp³-hybridized carbons (Fsp3) is 0.182. The van der Waals surface area contributed by atoms with Gasteiger partial charge in [-0.25, -0.2) is 4.39 Å². The molecule has 0 saturated carbocycles. The Hall–Kier alpha value is -2.96. The molecule has 29 heavy (non-hydrogen) atoms. The van der Waals surface area contributed by atoms with Crippen LogP contribution in [0.25, 0.3) is 10.8 Å². The van der Waals surface area contributed by atoms with Crippen LogP contribution in [-0.2, 0) is 9.59 Å². The lowest BCUT2D eigenvalue weighted by Crippen LogP contribution is -2.43. The van der Waals surface area contributed by atoms with Gasteiger partial charge in [0.2, 0.25) is 11.8 Å². The van der Waals surface area contributed by atoms with E-state index in [-0.39, 0.29) is 23.4 Å². The van der Waals surface area contributed by atoms with Crippen molar-refractivity contribution in [1.82, 2.24) is 4.90 Å². The summed E-state index contributed by atoms with van der Waals surface area (Å²) >= 11 is 5.95. The van der Waals surface area contributed by atoms with Crippen LogP contribution in [0.3, 0.4) is 0 Å². The van der Waals surface area contributed by atoms with Crippen LogP contribution in [0.5, 0.6) is 0 Å². The van der Waals surface area contributed by atoms with Crippen molar-refractivity contribution in [2.45, 2.75) is 13.0 Å². The number of hydrogen-bond acceptors (Lipinski definition) is 3. The molecule has 1 atom stereocenters. The number of benzene rings is 3. The Bertz CT molecular complexity index is 1050. The number of nitrogens with zero attached hydrogens (tertiary/aromatic N) is 1. The SMILES string of the molecule is C[C@H](C(=O)Nc1ccc(F)cc1Cl)N(C)CC(=O)Nc1cccc2ccccc12. The molecule has 0 radical (unpaired) electrons. The molecule has 7 heteroatoms. The van der Waals surface area contributed by atoms with E-state index in [9.17, 15) is 14.0 Å². The van der Waals surface area contributed by atoms with E-state index in [1.54, 1.807) is 18.9 Å². The molecule has 0 bridgehead atoms. The molecule has 0 heterocycles. The maximum absolute atomic E-state index is 13.1. The van der Waals surface area contributed by atoms with Gasteiger partial charge in [-0.05, 0) is 43.6 Å². The van der Waals surface area contributed by atoms with Crippen LogP contribution in [0.1, 0.15) is 6.92 Å². The van der Waals surface area contributed by atoms with Gasteiger partial charge in [-0.3, -0.25) is 14.5 Å². The Morgan fingerprint density at radius 3 is 2.52 bits per heavy atom. The van der Waals surface area contributed by atoms with Gasteiger partial charge < -0.3 is 10.6 Å². The van der Waals surface area contributed by atoms with E-state index in [0.29, 0.717) is 5.69 Å². The minimum atomic E-state index is -0.602. The molecule has 0 aliphatic heterocycles. The lowest BCUT2D eigenvalue weighted by atomic mass is 10.1. The molecule has 0 aromatic heterocycles. The average molecular weight is 414 g/mol. The smallest absolute Gasteiger partial charge is 0.241 e. The van der Waals surface area contributed by atoms with Crippen LogP contribution in [0.15, 0.2) is 60.7 Å². The van der Waals surface area contributed by atoms with Crippen LogP contribution >= 0.6 is 11.6 Å². The van der Waals surface area contributed by atoms with Gasteiger partial charge in [0.15, 0.2) is 0 Å². The zero-order valence-corrected chi connectivity index (χ0v) is 16.8. The van der Waals surface area contributed by atoms with Crippen molar-refractivity contribution in [3.05, 3.63) is 71.5 Å². The minimum Gasteiger partial charge on any atom is -0.324 e. The molecule has 0 saturated heterocycles. The van der Waals surface area contributed by atoms with E-state index < -0.39 is 11.9 Å². The number of halogens is 2. The van der Waals surface area contributed by atoms with Gasteiger partial charge in [-0.15, -0.1) is 0 Å². The molecule has 3 rings (SSSR count). The van der Waals surface area contributed by atoms with Crippen molar-refractivity contribution >= 4 is 45.6 Å². The van der Waals surface area contributed by atoms with E-state index in [0.717, 1.165) is 22.5 Å². The Kier molecular flexibility index (Phi) is 6.46. The highest BCUT2D eigenvalue weighted by atomic mass is 35.5. The predicted octanol–water partition coefficient (Wildman–Crippen LogP) is 4.53. The van der Waals surface area contributed by atoms with Crippen molar-refractivity contribution in [3.8, 4) is 0 Å².